The number of hydrogen-bond acceptors (Lipinski definition) is 4. The van der Waals surface area contributed by atoms with Crippen LogP contribution in [0.5, 0.6) is 0 Å². The number of carbonyl (C=O) groups is 1. The van der Waals surface area contributed by atoms with Crippen LogP contribution < -0.4 is 0 Å². The van der Waals surface area contributed by atoms with Crippen LogP contribution in [0, 0.1) is 20.8 Å². The molecule has 17 heavy (non-hydrogen) atoms. The molecule has 0 aliphatic rings. The van der Waals surface area contributed by atoms with Crippen molar-refractivity contribution in [2.75, 3.05) is 0 Å². The first-order valence-electron chi connectivity index (χ1n) is 5.14. The van der Waals surface area contributed by atoms with Gasteiger partial charge in [0.15, 0.2) is 5.69 Å². The summed E-state index contributed by atoms with van der Waals surface area (Å²) < 4.78 is 0. The lowest BCUT2D eigenvalue weighted by Crippen LogP contribution is -1.98. The van der Waals surface area contributed by atoms with Crippen molar-refractivity contribution in [2.24, 2.45) is 0 Å². The van der Waals surface area contributed by atoms with Gasteiger partial charge < -0.3 is 5.11 Å². The number of nitrogens with zero attached hydrogens (tertiary/aromatic N) is 2. The third-order valence-corrected chi connectivity index (χ3v) is 3.35. The number of aryl methyl sites for hydroxylation is 3. The van der Waals surface area contributed by atoms with E-state index in [1.165, 1.54) is 11.3 Å². The Morgan fingerprint density at radius 3 is 2.24 bits per heavy atom. The fraction of sp³-hybridized carbons (Fsp3) is 0.250. The molecule has 2 aromatic heterocycles. The molecule has 4 nitrogen and oxygen atoms in total. The van der Waals surface area contributed by atoms with Crippen molar-refractivity contribution >= 4 is 17.3 Å². The largest absolute Gasteiger partial charge is 0.476 e. The molecule has 2 heterocycles. The zero-order chi connectivity index (χ0) is 12.6. The number of carboxylic acid groups (broad SMARTS) is 1. The van der Waals surface area contributed by atoms with Crippen LogP contribution in [0.2, 0.25) is 0 Å². The van der Waals surface area contributed by atoms with Crippen molar-refractivity contribution in [2.45, 2.75) is 20.8 Å². The summed E-state index contributed by atoms with van der Waals surface area (Å²) in [5.41, 5.74) is 2.88. The number of carboxylic acids is 1. The predicted molar refractivity (Wildman–Crippen MR) is 66.5 cm³/mol. The van der Waals surface area contributed by atoms with Gasteiger partial charge in [-0.2, -0.15) is 0 Å². The van der Waals surface area contributed by atoms with Crippen molar-refractivity contribution in [1.29, 1.82) is 0 Å². The van der Waals surface area contributed by atoms with Crippen LogP contribution in [0.3, 0.4) is 0 Å². The van der Waals surface area contributed by atoms with Crippen LogP contribution in [0.1, 0.15) is 26.8 Å². The minimum atomic E-state index is -0.979. The molecule has 0 unspecified atom stereocenters. The van der Waals surface area contributed by atoms with Gasteiger partial charge in [-0.15, -0.1) is 11.3 Å². The maximum absolute atomic E-state index is 10.9. The van der Waals surface area contributed by atoms with Gasteiger partial charge in [-0.25, -0.2) is 9.78 Å². The molecule has 2 rings (SSSR count). The highest BCUT2D eigenvalue weighted by Gasteiger charge is 2.15. The minimum absolute atomic E-state index is 0.136. The molecule has 0 aliphatic heterocycles. The lowest BCUT2D eigenvalue weighted by molar-refractivity contribution is 0.0690. The third-order valence-electron chi connectivity index (χ3n) is 2.33. The van der Waals surface area contributed by atoms with Gasteiger partial charge in [0.2, 0.25) is 0 Å². The standard InChI is InChI=1S/C12H12N2O2S/c1-6-4-9(5-7(2)13-6)11-14-10(12(15)16)8(3)17-11/h4-5H,1-3H3,(H,15,16). The van der Waals surface area contributed by atoms with E-state index in [4.69, 9.17) is 5.11 Å². The summed E-state index contributed by atoms with van der Waals surface area (Å²) in [6.45, 7) is 5.59. The highest BCUT2D eigenvalue weighted by atomic mass is 32.1. The van der Waals surface area contributed by atoms with E-state index in [1.807, 2.05) is 26.0 Å². The van der Waals surface area contributed by atoms with Crippen LogP contribution >= 0.6 is 11.3 Å². The summed E-state index contributed by atoms with van der Waals surface area (Å²) in [5, 5.41) is 9.70. The van der Waals surface area contributed by atoms with Crippen LogP contribution in [0.4, 0.5) is 0 Å². The topological polar surface area (TPSA) is 63.1 Å². The second-order valence-electron chi connectivity index (χ2n) is 3.87. The lowest BCUT2D eigenvalue weighted by Gasteiger charge is -2.00. The molecule has 0 saturated heterocycles. The predicted octanol–water partition coefficient (Wildman–Crippen LogP) is 2.83. The Balaban J connectivity index is 2.53. The third kappa shape index (κ3) is 2.34. The van der Waals surface area contributed by atoms with Crippen molar-refractivity contribution in [1.82, 2.24) is 9.97 Å². The first kappa shape index (κ1) is 11.7. The van der Waals surface area contributed by atoms with E-state index >= 15 is 0 Å². The summed E-state index contributed by atoms with van der Waals surface area (Å²) in [6, 6.07) is 3.83. The second-order valence-corrected chi connectivity index (χ2v) is 5.07. The van der Waals surface area contributed by atoms with Crippen LogP contribution in [-0.2, 0) is 0 Å². The molecule has 88 valence electrons. The molecule has 0 amide bonds. The molecule has 0 saturated carbocycles. The van der Waals surface area contributed by atoms with Gasteiger partial charge >= 0.3 is 5.97 Å². The number of pyridine rings is 1. The maximum Gasteiger partial charge on any atom is 0.355 e. The molecule has 0 spiro atoms. The molecule has 0 bridgehead atoms. The smallest absolute Gasteiger partial charge is 0.355 e. The molecule has 5 heteroatoms. The van der Waals surface area contributed by atoms with E-state index < -0.39 is 5.97 Å². The van der Waals surface area contributed by atoms with E-state index in [0.717, 1.165) is 26.8 Å². The van der Waals surface area contributed by atoms with Gasteiger partial charge in [0.1, 0.15) is 5.01 Å². The average Bonchev–Trinajstić information content (AvgIpc) is 2.59. The maximum atomic E-state index is 10.9. The number of aromatic nitrogens is 2. The normalized spacial score (nSPS) is 10.5. The number of rotatable bonds is 2. The van der Waals surface area contributed by atoms with E-state index in [1.54, 1.807) is 6.92 Å². The average molecular weight is 248 g/mol. The Labute approximate surface area is 103 Å². The van der Waals surface area contributed by atoms with Gasteiger partial charge in [0.05, 0.1) is 0 Å². The Morgan fingerprint density at radius 2 is 1.76 bits per heavy atom. The van der Waals surface area contributed by atoms with Gasteiger partial charge in [0, 0.05) is 21.8 Å². The zero-order valence-electron chi connectivity index (χ0n) is 9.81. The monoisotopic (exact) mass is 248 g/mol. The Morgan fingerprint density at radius 1 is 1.18 bits per heavy atom. The summed E-state index contributed by atoms with van der Waals surface area (Å²) >= 11 is 1.39. The molecule has 0 atom stereocenters. The fourth-order valence-corrected chi connectivity index (χ4v) is 2.57. The lowest BCUT2D eigenvalue weighted by atomic mass is 10.2. The van der Waals surface area contributed by atoms with Crippen molar-refractivity contribution in [3.05, 3.63) is 34.1 Å². The highest BCUT2D eigenvalue weighted by molar-refractivity contribution is 7.15. The van der Waals surface area contributed by atoms with Gasteiger partial charge in [-0.05, 0) is 32.9 Å². The second kappa shape index (κ2) is 4.25. The van der Waals surface area contributed by atoms with Crippen molar-refractivity contribution in [3.63, 3.8) is 0 Å². The summed E-state index contributed by atoms with van der Waals surface area (Å²) in [4.78, 5) is 20.1. The van der Waals surface area contributed by atoms with Gasteiger partial charge in [0.25, 0.3) is 0 Å². The van der Waals surface area contributed by atoms with Crippen molar-refractivity contribution < 1.29 is 9.90 Å². The molecule has 1 N–H and O–H groups in total. The van der Waals surface area contributed by atoms with Crippen molar-refractivity contribution in [3.8, 4) is 10.6 Å². The first-order chi connectivity index (χ1) is 7.97. The number of aromatic carboxylic acids is 1. The van der Waals surface area contributed by atoms with Gasteiger partial charge in [-0.3, -0.25) is 4.98 Å². The van der Waals surface area contributed by atoms with Crippen LogP contribution in [-0.4, -0.2) is 21.0 Å². The number of hydrogen-bond donors (Lipinski definition) is 1. The Kier molecular flexibility index (Phi) is 2.93. The molecular formula is C12H12N2O2S. The molecule has 0 radical (unpaired) electrons. The number of thiazole rings is 1. The quantitative estimate of drug-likeness (QED) is 0.887. The van der Waals surface area contributed by atoms with Gasteiger partial charge in [-0.1, -0.05) is 0 Å². The van der Waals surface area contributed by atoms with Crippen LogP contribution in [0.15, 0.2) is 12.1 Å². The Bertz CT molecular complexity index is 570. The summed E-state index contributed by atoms with van der Waals surface area (Å²) in [5.74, 6) is -0.979. The fourth-order valence-electron chi connectivity index (χ4n) is 1.68. The first-order valence-corrected chi connectivity index (χ1v) is 5.95. The molecule has 2 aromatic rings. The SMILES string of the molecule is Cc1cc(-c2nc(C(=O)O)c(C)s2)cc(C)n1. The van der Waals surface area contributed by atoms with E-state index in [-0.39, 0.29) is 5.69 Å². The van der Waals surface area contributed by atoms with E-state index in [9.17, 15) is 4.79 Å². The molecule has 0 aromatic carbocycles. The summed E-state index contributed by atoms with van der Waals surface area (Å²) in [7, 11) is 0. The van der Waals surface area contributed by atoms with E-state index in [0.29, 0.717) is 0 Å². The zero-order valence-corrected chi connectivity index (χ0v) is 10.6. The van der Waals surface area contributed by atoms with Crippen LogP contribution in [0.25, 0.3) is 10.6 Å². The molecular weight excluding hydrogens is 236 g/mol. The molecule has 0 aliphatic carbocycles. The minimum Gasteiger partial charge on any atom is -0.476 e. The van der Waals surface area contributed by atoms with E-state index in [2.05, 4.69) is 9.97 Å². The highest BCUT2D eigenvalue weighted by Crippen LogP contribution is 2.28. The Hall–Kier alpha value is -1.75. The summed E-state index contributed by atoms with van der Waals surface area (Å²) in [6.07, 6.45) is 0. The molecule has 0 fully saturated rings.